The van der Waals surface area contributed by atoms with E-state index in [1.165, 1.54) is 4.90 Å². The topological polar surface area (TPSA) is 29.5 Å². The number of anilines is 1. The van der Waals surface area contributed by atoms with Crippen molar-refractivity contribution < 1.29 is 9.53 Å². The molecule has 5 heteroatoms. The number of alkyl halides is 1. The number of rotatable bonds is 4. The van der Waals surface area contributed by atoms with Gasteiger partial charge in [0.05, 0.1) is 12.1 Å². The first kappa shape index (κ1) is 13.1. The molecule has 1 amide bonds. The lowest BCUT2D eigenvalue weighted by Crippen LogP contribution is -2.26. The van der Waals surface area contributed by atoms with E-state index < -0.39 is 0 Å². The first-order valence-electron chi connectivity index (χ1n) is 4.76. The second-order valence-corrected chi connectivity index (χ2v) is 4.00. The van der Waals surface area contributed by atoms with E-state index in [1.54, 1.807) is 32.4 Å². The number of nitrogens with zero attached hydrogens (tertiary/aromatic N) is 1. The summed E-state index contributed by atoms with van der Waals surface area (Å²) < 4.78 is 5.03. The smallest absolute Gasteiger partial charge is 0.227 e. The number of amides is 1. The number of ether oxygens (including phenoxy) is 1. The van der Waals surface area contributed by atoms with Crippen LogP contribution in [0.25, 0.3) is 0 Å². The Bertz CT molecular complexity index is 382. The van der Waals surface area contributed by atoms with Crippen molar-refractivity contribution in [3.63, 3.8) is 0 Å². The predicted molar refractivity (Wildman–Crippen MR) is 66.8 cm³/mol. The van der Waals surface area contributed by atoms with Gasteiger partial charge >= 0.3 is 0 Å². The van der Waals surface area contributed by atoms with Gasteiger partial charge in [-0.3, -0.25) is 4.79 Å². The van der Waals surface area contributed by atoms with Crippen molar-refractivity contribution in [3.8, 4) is 5.75 Å². The summed E-state index contributed by atoms with van der Waals surface area (Å²) in [5, 5.41) is 0.477. The highest BCUT2D eigenvalue weighted by Crippen LogP contribution is 2.28. The second kappa shape index (κ2) is 5.97. The lowest BCUT2D eigenvalue weighted by atomic mass is 10.2. The Kier molecular flexibility index (Phi) is 4.90. The van der Waals surface area contributed by atoms with Crippen LogP contribution in [-0.2, 0) is 4.79 Å². The Labute approximate surface area is 105 Å². The molecule has 0 atom stereocenters. The van der Waals surface area contributed by atoms with Crippen LogP contribution in [-0.4, -0.2) is 25.9 Å². The zero-order valence-corrected chi connectivity index (χ0v) is 10.7. The van der Waals surface area contributed by atoms with Crippen LogP contribution in [0.2, 0.25) is 5.02 Å². The number of halogens is 2. The molecule has 3 nitrogen and oxygen atoms in total. The Morgan fingerprint density at radius 3 is 2.69 bits per heavy atom. The third kappa shape index (κ3) is 3.03. The average molecular weight is 262 g/mol. The molecule has 0 saturated heterocycles. The quantitative estimate of drug-likeness (QED) is 0.781. The standard InChI is InChI=1S/C11H13Cl2NO2/c1-14(11(15)5-6-12)8-3-4-10(16-2)9(13)7-8/h3-4,7H,5-6H2,1-2H3. The van der Waals surface area contributed by atoms with E-state index >= 15 is 0 Å². The largest absolute Gasteiger partial charge is 0.495 e. The molecule has 1 aromatic rings. The fraction of sp³-hybridized carbons (Fsp3) is 0.364. The lowest BCUT2D eigenvalue weighted by Gasteiger charge is -2.17. The van der Waals surface area contributed by atoms with Gasteiger partial charge in [-0.25, -0.2) is 0 Å². The van der Waals surface area contributed by atoms with Gasteiger partial charge in [-0.15, -0.1) is 11.6 Å². The van der Waals surface area contributed by atoms with Gasteiger partial charge in [0.1, 0.15) is 5.75 Å². The van der Waals surface area contributed by atoms with E-state index in [9.17, 15) is 4.79 Å². The number of carbonyl (C=O) groups is 1. The SMILES string of the molecule is COc1ccc(N(C)C(=O)CCCl)cc1Cl. The van der Waals surface area contributed by atoms with Crippen molar-refractivity contribution in [2.75, 3.05) is 24.9 Å². The van der Waals surface area contributed by atoms with Crippen molar-refractivity contribution >= 4 is 34.8 Å². The van der Waals surface area contributed by atoms with Crippen molar-refractivity contribution in [3.05, 3.63) is 23.2 Å². The van der Waals surface area contributed by atoms with E-state index in [0.717, 1.165) is 5.69 Å². The number of hydrogen-bond donors (Lipinski definition) is 0. The van der Waals surface area contributed by atoms with Gasteiger partial charge in [0.15, 0.2) is 0 Å². The van der Waals surface area contributed by atoms with Crippen LogP contribution in [0.1, 0.15) is 6.42 Å². The van der Waals surface area contributed by atoms with Crippen LogP contribution < -0.4 is 9.64 Å². The number of hydrogen-bond acceptors (Lipinski definition) is 2. The van der Waals surface area contributed by atoms with E-state index in [2.05, 4.69) is 0 Å². The third-order valence-electron chi connectivity index (χ3n) is 2.21. The van der Waals surface area contributed by atoms with Gasteiger partial charge in [0.2, 0.25) is 5.91 Å². The van der Waals surface area contributed by atoms with Crippen molar-refractivity contribution in [1.29, 1.82) is 0 Å². The molecule has 0 spiro atoms. The highest BCUT2D eigenvalue weighted by molar-refractivity contribution is 6.32. The Hall–Kier alpha value is -0.930. The molecule has 0 N–H and O–H groups in total. The van der Waals surface area contributed by atoms with Gasteiger partial charge < -0.3 is 9.64 Å². The summed E-state index contributed by atoms with van der Waals surface area (Å²) in [5.74, 6) is 0.854. The fourth-order valence-corrected chi connectivity index (χ4v) is 1.67. The van der Waals surface area contributed by atoms with Crippen molar-refractivity contribution in [2.45, 2.75) is 6.42 Å². The Morgan fingerprint density at radius 1 is 1.50 bits per heavy atom. The number of carbonyl (C=O) groups excluding carboxylic acids is 1. The number of methoxy groups -OCH3 is 1. The first-order valence-corrected chi connectivity index (χ1v) is 5.67. The van der Waals surface area contributed by atoms with Crippen LogP contribution in [0.3, 0.4) is 0 Å². The first-order chi connectivity index (χ1) is 7.60. The molecule has 0 heterocycles. The molecule has 0 unspecified atom stereocenters. The maximum atomic E-state index is 11.6. The van der Waals surface area contributed by atoms with Gasteiger partial charge in [0.25, 0.3) is 0 Å². The fourth-order valence-electron chi connectivity index (χ4n) is 1.26. The highest BCUT2D eigenvalue weighted by Gasteiger charge is 2.11. The summed E-state index contributed by atoms with van der Waals surface area (Å²) in [6, 6.07) is 5.19. The molecule has 0 radical (unpaired) electrons. The third-order valence-corrected chi connectivity index (χ3v) is 2.69. The van der Waals surface area contributed by atoms with Crippen LogP contribution >= 0.6 is 23.2 Å². The number of benzene rings is 1. The lowest BCUT2D eigenvalue weighted by molar-refractivity contribution is -0.117. The molecule has 0 fully saturated rings. The monoisotopic (exact) mass is 261 g/mol. The highest BCUT2D eigenvalue weighted by atomic mass is 35.5. The molecule has 16 heavy (non-hydrogen) atoms. The molecule has 0 saturated carbocycles. The summed E-state index contributed by atoms with van der Waals surface area (Å²) >= 11 is 11.5. The zero-order valence-electron chi connectivity index (χ0n) is 9.17. The molecule has 0 aliphatic heterocycles. The Balaban J connectivity index is 2.88. The minimum Gasteiger partial charge on any atom is -0.495 e. The van der Waals surface area contributed by atoms with Gasteiger partial charge in [-0.2, -0.15) is 0 Å². The summed E-state index contributed by atoms with van der Waals surface area (Å²) in [6.07, 6.45) is 0.307. The van der Waals surface area contributed by atoms with E-state index in [1.807, 2.05) is 0 Å². The summed E-state index contributed by atoms with van der Waals surface area (Å²) in [6.45, 7) is 0. The maximum Gasteiger partial charge on any atom is 0.227 e. The summed E-state index contributed by atoms with van der Waals surface area (Å²) in [5.41, 5.74) is 0.723. The molecule has 0 aliphatic carbocycles. The van der Waals surface area contributed by atoms with Crippen LogP contribution in [0.4, 0.5) is 5.69 Å². The van der Waals surface area contributed by atoms with Gasteiger partial charge in [0, 0.05) is 25.0 Å². The van der Waals surface area contributed by atoms with Gasteiger partial charge in [-0.05, 0) is 18.2 Å². The summed E-state index contributed by atoms with van der Waals surface area (Å²) in [7, 11) is 3.23. The molecular formula is C11H13Cl2NO2. The molecule has 1 aromatic carbocycles. The predicted octanol–water partition coefficient (Wildman–Crippen LogP) is 2.94. The second-order valence-electron chi connectivity index (χ2n) is 3.21. The van der Waals surface area contributed by atoms with Crippen LogP contribution in [0, 0.1) is 0 Å². The minimum absolute atomic E-state index is 0.0452. The van der Waals surface area contributed by atoms with Crippen LogP contribution in [0.15, 0.2) is 18.2 Å². The minimum atomic E-state index is -0.0452. The molecule has 0 bridgehead atoms. The summed E-state index contributed by atoms with van der Waals surface area (Å²) in [4.78, 5) is 13.1. The maximum absolute atomic E-state index is 11.6. The Morgan fingerprint density at radius 2 is 2.19 bits per heavy atom. The zero-order chi connectivity index (χ0) is 12.1. The van der Waals surface area contributed by atoms with Gasteiger partial charge in [-0.1, -0.05) is 11.6 Å². The van der Waals surface area contributed by atoms with E-state index in [4.69, 9.17) is 27.9 Å². The van der Waals surface area contributed by atoms with Crippen molar-refractivity contribution in [1.82, 2.24) is 0 Å². The molecule has 0 aromatic heterocycles. The average Bonchev–Trinajstić information content (AvgIpc) is 2.28. The van der Waals surface area contributed by atoms with Crippen LogP contribution in [0.5, 0.6) is 5.75 Å². The van der Waals surface area contributed by atoms with Crippen molar-refractivity contribution in [2.24, 2.45) is 0 Å². The molecule has 88 valence electrons. The van der Waals surface area contributed by atoms with E-state index in [0.29, 0.717) is 23.1 Å². The normalized spacial score (nSPS) is 10.0. The molecule has 1 rings (SSSR count). The molecular weight excluding hydrogens is 249 g/mol. The van der Waals surface area contributed by atoms with E-state index in [-0.39, 0.29) is 5.91 Å². The molecule has 0 aliphatic rings.